The highest BCUT2D eigenvalue weighted by Crippen LogP contribution is 2.06. The first-order valence-corrected chi connectivity index (χ1v) is 5.22. The topological polar surface area (TPSA) is 41.6 Å². The van der Waals surface area contributed by atoms with Gasteiger partial charge in [-0.1, -0.05) is 0 Å². The third-order valence-corrected chi connectivity index (χ3v) is 2.42. The number of rotatable bonds is 4. The van der Waals surface area contributed by atoms with E-state index in [0.29, 0.717) is 19.1 Å². The van der Waals surface area contributed by atoms with Gasteiger partial charge in [-0.05, 0) is 19.4 Å². The Hall–Kier alpha value is -0.610. The largest absolute Gasteiger partial charge is 0.376 e. The Morgan fingerprint density at radius 2 is 2.36 bits per heavy atom. The highest BCUT2D eigenvalue weighted by atomic mass is 16.5. The smallest absolute Gasteiger partial charge is 0.224 e. The van der Waals surface area contributed by atoms with Crippen LogP contribution in [0.1, 0.15) is 19.3 Å². The summed E-state index contributed by atoms with van der Waals surface area (Å²) in [6.45, 7) is 2.57. The van der Waals surface area contributed by atoms with E-state index in [4.69, 9.17) is 4.74 Å². The van der Waals surface area contributed by atoms with Crippen molar-refractivity contribution in [2.45, 2.75) is 25.4 Å². The third kappa shape index (κ3) is 4.07. The summed E-state index contributed by atoms with van der Waals surface area (Å²) >= 11 is 0. The molecule has 1 heterocycles. The van der Waals surface area contributed by atoms with Crippen molar-refractivity contribution in [3.8, 4) is 0 Å². The molecule has 0 saturated carbocycles. The first kappa shape index (κ1) is 11.5. The lowest BCUT2D eigenvalue weighted by molar-refractivity contribution is -0.130. The predicted molar refractivity (Wildman–Crippen MR) is 55.2 cm³/mol. The zero-order valence-corrected chi connectivity index (χ0v) is 9.08. The maximum Gasteiger partial charge on any atom is 0.224 e. The van der Waals surface area contributed by atoms with Crippen LogP contribution in [0.15, 0.2) is 0 Å². The average molecular weight is 200 g/mol. The minimum absolute atomic E-state index is 0.133. The lowest BCUT2D eigenvalue weighted by atomic mass is 10.1. The van der Waals surface area contributed by atoms with Crippen molar-refractivity contribution in [2.24, 2.45) is 0 Å². The number of nitrogens with zero attached hydrogens (tertiary/aromatic N) is 1. The zero-order valence-electron chi connectivity index (χ0n) is 9.08. The molecule has 82 valence electrons. The van der Waals surface area contributed by atoms with Crippen molar-refractivity contribution in [1.82, 2.24) is 10.2 Å². The van der Waals surface area contributed by atoms with Gasteiger partial charge < -0.3 is 15.0 Å². The van der Waals surface area contributed by atoms with E-state index in [1.54, 1.807) is 19.0 Å². The second kappa shape index (κ2) is 5.98. The van der Waals surface area contributed by atoms with Crippen molar-refractivity contribution in [3.05, 3.63) is 0 Å². The van der Waals surface area contributed by atoms with Crippen LogP contribution in [0.5, 0.6) is 0 Å². The molecule has 1 atom stereocenters. The number of ether oxygens (including phenoxy) is 1. The van der Waals surface area contributed by atoms with Crippen molar-refractivity contribution >= 4 is 5.91 Å². The maximum absolute atomic E-state index is 11.2. The lowest BCUT2D eigenvalue weighted by Crippen LogP contribution is -2.36. The van der Waals surface area contributed by atoms with E-state index in [0.717, 1.165) is 19.5 Å². The zero-order chi connectivity index (χ0) is 10.4. The molecule has 0 unspecified atom stereocenters. The Balaban J connectivity index is 2.05. The number of carbonyl (C=O) groups is 1. The van der Waals surface area contributed by atoms with Crippen LogP contribution in [0.4, 0.5) is 0 Å². The quantitative estimate of drug-likeness (QED) is 0.706. The molecule has 1 fully saturated rings. The summed E-state index contributed by atoms with van der Waals surface area (Å²) in [7, 11) is 3.54. The van der Waals surface area contributed by atoms with Gasteiger partial charge in [0.25, 0.3) is 0 Å². The summed E-state index contributed by atoms with van der Waals surface area (Å²) < 4.78 is 5.59. The second-order valence-electron chi connectivity index (χ2n) is 3.88. The summed E-state index contributed by atoms with van der Waals surface area (Å²) in [6.07, 6.45) is 3.08. The Kier molecular flexibility index (Phi) is 4.90. The van der Waals surface area contributed by atoms with Crippen LogP contribution in [-0.4, -0.2) is 50.7 Å². The van der Waals surface area contributed by atoms with Gasteiger partial charge in [0.05, 0.1) is 19.1 Å². The highest BCUT2D eigenvalue weighted by Gasteiger charge is 2.13. The molecule has 0 aliphatic carbocycles. The van der Waals surface area contributed by atoms with E-state index in [1.807, 2.05) is 0 Å². The standard InChI is InChI=1S/C10H20N2O2/c1-12(2)10(13)5-7-14-9-4-3-6-11-8-9/h9,11H,3-8H2,1-2H3/t9-/m0/s1. The maximum atomic E-state index is 11.2. The minimum Gasteiger partial charge on any atom is -0.376 e. The molecule has 1 N–H and O–H groups in total. The molecule has 0 spiro atoms. The molecule has 0 aromatic heterocycles. The molecule has 1 aliphatic heterocycles. The summed E-state index contributed by atoms with van der Waals surface area (Å²) in [4.78, 5) is 12.8. The van der Waals surface area contributed by atoms with E-state index >= 15 is 0 Å². The van der Waals surface area contributed by atoms with Crippen molar-refractivity contribution in [3.63, 3.8) is 0 Å². The van der Waals surface area contributed by atoms with E-state index in [1.165, 1.54) is 6.42 Å². The van der Waals surface area contributed by atoms with Gasteiger partial charge in [0, 0.05) is 20.6 Å². The Labute approximate surface area is 85.6 Å². The fourth-order valence-corrected chi connectivity index (χ4v) is 1.50. The molecule has 0 radical (unpaired) electrons. The number of amides is 1. The normalized spacial score (nSPS) is 22.0. The van der Waals surface area contributed by atoms with Gasteiger partial charge in [0.1, 0.15) is 0 Å². The summed E-state index contributed by atoms with van der Waals surface area (Å²) in [5.74, 6) is 0.133. The number of hydrogen-bond acceptors (Lipinski definition) is 3. The van der Waals surface area contributed by atoms with Crippen molar-refractivity contribution in [2.75, 3.05) is 33.8 Å². The van der Waals surface area contributed by atoms with Crippen LogP contribution in [0.2, 0.25) is 0 Å². The lowest BCUT2D eigenvalue weighted by Gasteiger charge is -2.23. The van der Waals surface area contributed by atoms with E-state index < -0.39 is 0 Å². The van der Waals surface area contributed by atoms with E-state index in [9.17, 15) is 4.79 Å². The highest BCUT2D eigenvalue weighted by molar-refractivity contribution is 5.75. The average Bonchev–Trinajstić information content (AvgIpc) is 2.19. The molecule has 4 nitrogen and oxygen atoms in total. The Morgan fingerprint density at radius 1 is 1.57 bits per heavy atom. The molecule has 4 heteroatoms. The summed E-state index contributed by atoms with van der Waals surface area (Å²) in [5.41, 5.74) is 0. The van der Waals surface area contributed by atoms with E-state index in [2.05, 4.69) is 5.32 Å². The fourth-order valence-electron chi connectivity index (χ4n) is 1.50. The van der Waals surface area contributed by atoms with Gasteiger partial charge in [-0.3, -0.25) is 4.79 Å². The molecule has 1 aliphatic rings. The van der Waals surface area contributed by atoms with Gasteiger partial charge >= 0.3 is 0 Å². The van der Waals surface area contributed by atoms with Gasteiger partial charge in [0.15, 0.2) is 0 Å². The number of piperidine rings is 1. The van der Waals surface area contributed by atoms with Crippen LogP contribution < -0.4 is 5.32 Å². The van der Waals surface area contributed by atoms with Crippen LogP contribution in [0, 0.1) is 0 Å². The molecule has 1 amide bonds. The van der Waals surface area contributed by atoms with Gasteiger partial charge in [-0.15, -0.1) is 0 Å². The minimum atomic E-state index is 0.133. The van der Waals surface area contributed by atoms with E-state index in [-0.39, 0.29) is 5.91 Å². The van der Waals surface area contributed by atoms with Crippen molar-refractivity contribution in [1.29, 1.82) is 0 Å². The fraction of sp³-hybridized carbons (Fsp3) is 0.900. The second-order valence-corrected chi connectivity index (χ2v) is 3.88. The molecule has 1 saturated heterocycles. The SMILES string of the molecule is CN(C)C(=O)CCO[C@H]1CCCNC1. The third-order valence-electron chi connectivity index (χ3n) is 2.42. The first-order valence-electron chi connectivity index (χ1n) is 5.22. The van der Waals surface area contributed by atoms with Gasteiger partial charge in [-0.2, -0.15) is 0 Å². The monoisotopic (exact) mass is 200 g/mol. The summed E-state index contributed by atoms with van der Waals surface area (Å²) in [5, 5.41) is 3.28. The number of nitrogens with one attached hydrogen (secondary N) is 1. The summed E-state index contributed by atoms with van der Waals surface area (Å²) in [6, 6.07) is 0. The van der Waals surface area contributed by atoms with Crippen LogP contribution in [-0.2, 0) is 9.53 Å². The molecular weight excluding hydrogens is 180 g/mol. The molecule has 14 heavy (non-hydrogen) atoms. The molecule has 0 aromatic carbocycles. The molecule has 0 bridgehead atoms. The van der Waals surface area contributed by atoms with Gasteiger partial charge in [0.2, 0.25) is 5.91 Å². The predicted octanol–water partition coefficient (Wildman–Crippen LogP) is 0.233. The number of carbonyl (C=O) groups excluding carboxylic acids is 1. The number of hydrogen-bond donors (Lipinski definition) is 1. The molecule has 1 rings (SSSR count). The van der Waals surface area contributed by atoms with Crippen molar-refractivity contribution < 1.29 is 9.53 Å². The van der Waals surface area contributed by atoms with Crippen LogP contribution in [0.25, 0.3) is 0 Å². The Morgan fingerprint density at radius 3 is 2.93 bits per heavy atom. The molecule has 0 aromatic rings. The van der Waals surface area contributed by atoms with Gasteiger partial charge in [-0.25, -0.2) is 0 Å². The Bertz CT molecular complexity index is 177. The first-order chi connectivity index (χ1) is 6.70. The van der Waals surface area contributed by atoms with Crippen LogP contribution in [0.3, 0.4) is 0 Å². The van der Waals surface area contributed by atoms with Crippen LogP contribution >= 0.6 is 0 Å². The molecular formula is C10H20N2O2.